The van der Waals surface area contributed by atoms with Gasteiger partial charge in [0.15, 0.2) is 0 Å². The molecule has 2 amide bonds. The molecule has 0 aromatic heterocycles. The Morgan fingerprint density at radius 3 is 2.57 bits per heavy atom. The molecule has 0 fully saturated rings. The zero-order chi connectivity index (χ0) is 11.0. The van der Waals surface area contributed by atoms with Crippen LogP contribution in [0, 0.1) is 0 Å². The zero-order valence-corrected chi connectivity index (χ0v) is 9.19. The Balaban J connectivity index is 3.95. The van der Waals surface area contributed by atoms with Crippen molar-refractivity contribution in [1.82, 2.24) is 10.6 Å². The highest BCUT2D eigenvalue weighted by Crippen LogP contribution is 2.00. The molecule has 5 nitrogen and oxygen atoms in total. The number of carbonyl (C=O) groups excluding carboxylic acids is 1. The van der Waals surface area contributed by atoms with Gasteiger partial charge in [0.05, 0.1) is 0 Å². The molecule has 0 aromatic rings. The lowest BCUT2D eigenvalue weighted by Crippen LogP contribution is -2.46. The summed E-state index contributed by atoms with van der Waals surface area (Å²) in [6.45, 7) is 2.26. The summed E-state index contributed by atoms with van der Waals surface area (Å²) in [6, 6.07) is -1.23. The molecule has 14 heavy (non-hydrogen) atoms. The first-order valence-electron chi connectivity index (χ1n) is 4.38. The minimum Gasteiger partial charge on any atom is -0.480 e. The first-order chi connectivity index (χ1) is 6.61. The van der Waals surface area contributed by atoms with Crippen LogP contribution in [0.5, 0.6) is 0 Å². The van der Waals surface area contributed by atoms with Crippen molar-refractivity contribution in [2.45, 2.75) is 19.4 Å². The molecule has 0 aliphatic carbocycles. The first-order valence-corrected chi connectivity index (χ1v) is 5.77. The van der Waals surface area contributed by atoms with E-state index in [0.717, 1.165) is 0 Å². The fraction of sp³-hybridized carbons (Fsp3) is 0.750. The summed E-state index contributed by atoms with van der Waals surface area (Å²) < 4.78 is 0. The van der Waals surface area contributed by atoms with Gasteiger partial charge in [-0.2, -0.15) is 11.8 Å². The van der Waals surface area contributed by atoms with E-state index in [1.165, 1.54) is 0 Å². The minimum absolute atomic E-state index is 0.430. The molecule has 0 aliphatic heterocycles. The molecule has 0 aliphatic rings. The zero-order valence-electron chi connectivity index (χ0n) is 8.37. The monoisotopic (exact) mass is 220 g/mol. The van der Waals surface area contributed by atoms with Crippen molar-refractivity contribution >= 4 is 23.8 Å². The number of carboxylic acids is 1. The van der Waals surface area contributed by atoms with Crippen molar-refractivity contribution in [1.29, 1.82) is 0 Å². The molecular weight excluding hydrogens is 204 g/mol. The quantitative estimate of drug-likeness (QED) is 0.609. The molecule has 0 rings (SSSR count). The van der Waals surface area contributed by atoms with E-state index >= 15 is 0 Å². The van der Waals surface area contributed by atoms with E-state index in [1.54, 1.807) is 18.7 Å². The maximum atomic E-state index is 11.0. The van der Waals surface area contributed by atoms with Gasteiger partial charge in [-0.25, -0.2) is 9.59 Å². The van der Waals surface area contributed by atoms with Gasteiger partial charge < -0.3 is 15.7 Å². The summed E-state index contributed by atoms with van der Waals surface area (Å²) >= 11 is 1.55. The molecule has 0 unspecified atom stereocenters. The lowest BCUT2D eigenvalue weighted by atomic mass is 10.2. The second-order valence-electron chi connectivity index (χ2n) is 2.68. The standard InChI is InChI=1S/C8H16N2O3S/c1-3-9-8(13)10-6(7(11)12)4-5-14-2/h6H,3-5H2,1-2H3,(H,11,12)(H2,9,10,13)/t6-/m0/s1. The summed E-state index contributed by atoms with van der Waals surface area (Å²) in [6.07, 6.45) is 2.33. The molecule has 0 saturated carbocycles. The predicted molar refractivity (Wildman–Crippen MR) is 56.6 cm³/mol. The van der Waals surface area contributed by atoms with E-state index in [2.05, 4.69) is 10.6 Å². The molecular formula is C8H16N2O3S. The molecule has 0 aromatic carbocycles. The number of hydrogen-bond donors (Lipinski definition) is 3. The van der Waals surface area contributed by atoms with Gasteiger partial charge in [0.25, 0.3) is 0 Å². The van der Waals surface area contributed by atoms with Crippen molar-refractivity contribution in [2.75, 3.05) is 18.6 Å². The van der Waals surface area contributed by atoms with E-state index in [1.807, 2.05) is 6.26 Å². The average Bonchev–Trinajstić information content (AvgIpc) is 2.12. The first kappa shape index (κ1) is 13.1. The number of hydrogen-bond acceptors (Lipinski definition) is 3. The maximum Gasteiger partial charge on any atom is 0.326 e. The number of carboxylic acid groups (broad SMARTS) is 1. The molecule has 0 spiro atoms. The van der Waals surface area contributed by atoms with Gasteiger partial charge in [0.2, 0.25) is 0 Å². The fourth-order valence-corrected chi connectivity index (χ4v) is 1.33. The van der Waals surface area contributed by atoms with Crippen LogP contribution in [0.1, 0.15) is 13.3 Å². The van der Waals surface area contributed by atoms with Gasteiger partial charge in [-0.05, 0) is 25.4 Å². The normalized spacial score (nSPS) is 11.9. The van der Waals surface area contributed by atoms with Gasteiger partial charge in [-0.3, -0.25) is 0 Å². The fourth-order valence-electron chi connectivity index (χ4n) is 0.863. The van der Waals surface area contributed by atoms with E-state index in [4.69, 9.17) is 5.11 Å². The number of aliphatic carboxylic acids is 1. The number of amides is 2. The highest BCUT2D eigenvalue weighted by atomic mass is 32.2. The molecule has 6 heteroatoms. The second-order valence-corrected chi connectivity index (χ2v) is 3.66. The van der Waals surface area contributed by atoms with Crippen LogP contribution in [0.25, 0.3) is 0 Å². The lowest BCUT2D eigenvalue weighted by Gasteiger charge is -2.13. The largest absolute Gasteiger partial charge is 0.480 e. The molecule has 1 atom stereocenters. The summed E-state index contributed by atoms with van der Waals surface area (Å²) in [7, 11) is 0. The van der Waals surface area contributed by atoms with E-state index < -0.39 is 18.0 Å². The second kappa shape index (κ2) is 7.49. The Morgan fingerprint density at radius 2 is 2.14 bits per heavy atom. The Hall–Kier alpha value is -0.910. The average molecular weight is 220 g/mol. The SMILES string of the molecule is CCNC(=O)N[C@@H](CCSC)C(=O)O. The lowest BCUT2D eigenvalue weighted by molar-refractivity contribution is -0.139. The van der Waals surface area contributed by atoms with Crippen LogP contribution in [0.3, 0.4) is 0 Å². The molecule has 0 saturated heterocycles. The number of urea groups is 1. The van der Waals surface area contributed by atoms with Crippen LogP contribution < -0.4 is 10.6 Å². The van der Waals surface area contributed by atoms with E-state index in [0.29, 0.717) is 18.7 Å². The number of thioether (sulfide) groups is 1. The van der Waals surface area contributed by atoms with Crippen LogP contribution in [-0.4, -0.2) is 41.7 Å². The highest BCUT2D eigenvalue weighted by Gasteiger charge is 2.18. The van der Waals surface area contributed by atoms with Crippen LogP contribution in [0.4, 0.5) is 4.79 Å². The van der Waals surface area contributed by atoms with Crippen molar-refractivity contribution < 1.29 is 14.7 Å². The van der Waals surface area contributed by atoms with Gasteiger partial charge >= 0.3 is 12.0 Å². The van der Waals surface area contributed by atoms with Gasteiger partial charge in [-0.15, -0.1) is 0 Å². The van der Waals surface area contributed by atoms with E-state index in [-0.39, 0.29) is 0 Å². The minimum atomic E-state index is -0.995. The highest BCUT2D eigenvalue weighted by molar-refractivity contribution is 7.98. The van der Waals surface area contributed by atoms with Gasteiger partial charge in [-0.1, -0.05) is 0 Å². The van der Waals surface area contributed by atoms with Crippen molar-refractivity contribution in [3.8, 4) is 0 Å². The van der Waals surface area contributed by atoms with Crippen molar-refractivity contribution in [3.05, 3.63) is 0 Å². The van der Waals surface area contributed by atoms with Gasteiger partial charge in [0.1, 0.15) is 6.04 Å². The molecule has 82 valence electrons. The van der Waals surface area contributed by atoms with Crippen molar-refractivity contribution in [3.63, 3.8) is 0 Å². The van der Waals surface area contributed by atoms with Crippen LogP contribution in [0.15, 0.2) is 0 Å². The third kappa shape index (κ3) is 5.69. The summed E-state index contributed by atoms with van der Waals surface area (Å²) in [5, 5.41) is 13.6. The third-order valence-electron chi connectivity index (χ3n) is 1.55. The number of nitrogens with one attached hydrogen (secondary N) is 2. The summed E-state index contributed by atoms with van der Waals surface area (Å²) in [5.41, 5.74) is 0. The Labute approximate surface area is 87.6 Å². The Bertz CT molecular complexity index is 199. The summed E-state index contributed by atoms with van der Waals surface area (Å²) in [4.78, 5) is 21.7. The smallest absolute Gasteiger partial charge is 0.326 e. The Kier molecular flexibility index (Phi) is 7.00. The molecule has 3 N–H and O–H groups in total. The topological polar surface area (TPSA) is 78.4 Å². The predicted octanol–water partition coefficient (Wildman–Crippen LogP) is 0.512. The van der Waals surface area contributed by atoms with Crippen LogP contribution in [0.2, 0.25) is 0 Å². The molecule has 0 bridgehead atoms. The van der Waals surface area contributed by atoms with Crippen molar-refractivity contribution in [2.24, 2.45) is 0 Å². The summed E-state index contributed by atoms with van der Waals surface area (Å²) in [5.74, 6) is -0.283. The number of carbonyl (C=O) groups is 2. The van der Waals surface area contributed by atoms with Crippen LogP contribution in [-0.2, 0) is 4.79 Å². The van der Waals surface area contributed by atoms with Crippen LogP contribution >= 0.6 is 11.8 Å². The van der Waals surface area contributed by atoms with Gasteiger partial charge in [0, 0.05) is 6.54 Å². The molecule has 0 heterocycles. The van der Waals surface area contributed by atoms with E-state index in [9.17, 15) is 9.59 Å². The Morgan fingerprint density at radius 1 is 1.50 bits per heavy atom. The molecule has 0 radical (unpaired) electrons. The maximum absolute atomic E-state index is 11.0. The number of rotatable bonds is 6. The third-order valence-corrected chi connectivity index (χ3v) is 2.20.